The third kappa shape index (κ3) is 6.06. The zero-order valence-electron chi connectivity index (χ0n) is 33.6. The number of nitrogens with zero attached hydrogens (tertiary/aromatic N) is 5. The van der Waals surface area contributed by atoms with Crippen LogP contribution in [0.15, 0.2) is 224 Å². The Bertz CT molecular complexity index is 3550. The zero-order valence-corrected chi connectivity index (χ0v) is 33.6. The quantitative estimate of drug-likeness (QED) is 0.162. The van der Waals surface area contributed by atoms with Gasteiger partial charge in [0.25, 0.3) is 0 Å². The molecule has 0 spiro atoms. The lowest BCUT2D eigenvalue weighted by molar-refractivity contribution is 1.07. The van der Waals surface area contributed by atoms with Gasteiger partial charge in [-0.05, 0) is 76.9 Å². The topological polar surface area (TPSA) is 48.5 Å². The van der Waals surface area contributed by atoms with E-state index in [-0.39, 0.29) is 0 Å². The number of benzene rings is 9. The lowest BCUT2D eigenvalue weighted by Crippen LogP contribution is -2.00. The Kier molecular flexibility index (Phi) is 8.42. The van der Waals surface area contributed by atoms with Crippen LogP contribution in [0.2, 0.25) is 0 Å². The van der Waals surface area contributed by atoms with Crippen molar-refractivity contribution in [3.05, 3.63) is 224 Å². The average molecular weight is 792 g/mol. The number of fused-ring (bicyclic) bond motifs is 6. The summed E-state index contributed by atoms with van der Waals surface area (Å²) >= 11 is 0. The molecule has 0 atom stereocenters. The maximum absolute atomic E-state index is 5.04. The first-order valence-corrected chi connectivity index (χ1v) is 20.9. The molecule has 12 aromatic rings. The molecule has 9 aromatic carbocycles. The molecule has 0 aliphatic heterocycles. The third-order valence-corrected chi connectivity index (χ3v) is 12.0. The molecule has 0 saturated carbocycles. The fourth-order valence-electron chi connectivity index (χ4n) is 9.02. The van der Waals surface area contributed by atoms with E-state index in [1.807, 2.05) is 60.7 Å². The van der Waals surface area contributed by atoms with Gasteiger partial charge in [0, 0.05) is 49.6 Å². The Balaban J connectivity index is 1.05. The summed E-state index contributed by atoms with van der Waals surface area (Å²) in [4.78, 5) is 15.0. The van der Waals surface area contributed by atoms with Crippen molar-refractivity contribution in [3.63, 3.8) is 0 Å². The van der Waals surface area contributed by atoms with Crippen LogP contribution in [0.3, 0.4) is 0 Å². The highest BCUT2D eigenvalue weighted by Gasteiger charge is 2.19. The van der Waals surface area contributed by atoms with E-state index < -0.39 is 0 Å². The lowest BCUT2D eigenvalue weighted by atomic mass is 10.00. The first kappa shape index (κ1) is 35.5. The van der Waals surface area contributed by atoms with Gasteiger partial charge in [-0.3, -0.25) is 0 Å². The van der Waals surface area contributed by atoms with Crippen molar-refractivity contribution in [1.29, 1.82) is 0 Å². The first-order chi connectivity index (χ1) is 30.7. The Hall–Kier alpha value is -8.41. The van der Waals surface area contributed by atoms with Gasteiger partial charge >= 0.3 is 0 Å². The number of aromatic nitrogens is 5. The maximum Gasteiger partial charge on any atom is 0.164 e. The Morgan fingerprint density at radius 3 is 1.39 bits per heavy atom. The predicted molar refractivity (Wildman–Crippen MR) is 256 cm³/mol. The van der Waals surface area contributed by atoms with Gasteiger partial charge in [-0.1, -0.05) is 170 Å². The largest absolute Gasteiger partial charge is 0.309 e. The molecule has 290 valence electrons. The summed E-state index contributed by atoms with van der Waals surface area (Å²) in [5.74, 6) is 1.91. The van der Waals surface area contributed by atoms with Crippen molar-refractivity contribution < 1.29 is 0 Å². The van der Waals surface area contributed by atoms with E-state index in [0.717, 1.165) is 55.7 Å². The van der Waals surface area contributed by atoms with E-state index in [2.05, 4.69) is 173 Å². The Morgan fingerprint density at radius 2 is 0.677 bits per heavy atom. The van der Waals surface area contributed by atoms with Gasteiger partial charge in [0.1, 0.15) is 0 Å². The molecule has 3 aromatic heterocycles. The van der Waals surface area contributed by atoms with Gasteiger partial charge in [-0.25, -0.2) is 15.0 Å². The van der Waals surface area contributed by atoms with Crippen LogP contribution in [0.4, 0.5) is 0 Å². The molecule has 0 radical (unpaired) electrons. The molecule has 0 aliphatic carbocycles. The summed E-state index contributed by atoms with van der Waals surface area (Å²) < 4.78 is 4.82. The van der Waals surface area contributed by atoms with E-state index in [0.29, 0.717) is 17.5 Å². The van der Waals surface area contributed by atoms with E-state index in [1.165, 1.54) is 38.2 Å². The van der Waals surface area contributed by atoms with E-state index in [1.54, 1.807) is 0 Å². The molecule has 0 aliphatic rings. The van der Waals surface area contributed by atoms with Gasteiger partial charge in [-0.2, -0.15) is 0 Å². The minimum atomic E-state index is 0.630. The van der Waals surface area contributed by atoms with Crippen molar-refractivity contribution in [2.75, 3.05) is 0 Å². The van der Waals surface area contributed by atoms with Crippen molar-refractivity contribution in [2.45, 2.75) is 0 Å². The van der Waals surface area contributed by atoms with Crippen LogP contribution in [-0.4, -0.2) is 24.1 Å². The second-order valence-electron chi connectivity index (χ2n) is 15.7. The standard InChI is InChI=1S/C57H37N5/c1-5-16-38(17-6-1)42-29-33-52-50(35-42)49-31-28-43(36-53(49)62(52)46-30-32-48-47-26-13-14-27-51(47)61(54(48)37-46)45-24-11-4-12-25-45)41-22-15-23-44(34-41)57-59-55(39-18-7-2-8-19-39)58-56(60-57)40-20-9-3-10-21-40/h1-37H. The molecule has 3 heterocycles. The molecule has 5 heteroatoms. The highest BCUT2D eigenvalue weighted by molar-refractivity contribution is 6.13. The van der Waals surface area contributed by atoms with E-state index in [4.69, 9.17) is 15.0 Å². The van der Waals surface area contributed by atoms with Gasteiger partial charge in [0.15, 0.2) is 17.5 Å². The zero-order chi connectivity index (χ0) is 41.0. The molecule has 12 rings (SSSR count). The summed E-state index contributed by atoms with van der Waals surface area (Å²) in [6, 6.07) is 79.5. The van der Waals surface area contributed by atoms with Gasteiger partial charge in [0.2, 0.25) is 0 Å². The maximum atomic E-state index is 5.04. The van der Waals surface area contributed by atoms with Gasteiger partial charge in [-0.15, -0.1) is 0 Å². The number of rotatable bonds is 7. The summed E-state index contributed by atoms with van der Waals surface area (Å²) in [6.07, 6.45) is 0. The predicted octanol–water partition coefficient (Wildman–Crippen LogP) is 14.4. The molecule has 0 amide bonds. The summed E-state index contributed by atoms with van der Waals surface area (Å²) in [5.41, 5.74) is 14.3. The highest BCUT2D eigenvalue weighted by atomic mass is 15.0. The van der Waals surface area contributed by atoms with Crippen LogP contribution in [0.5, 0.6) is 0 Å². The smallest absolute Gasteiger partial charge is 0.164 e. The van der Waals surface area contributed by atoms with Crippen molar-refractivity contribution in [2.24, 2.45) is 0 Å². The normalized spacial score (nSPS) is 11.5. The van der Waals surface area contributed by atoms with Crippen LogP contribution in [-0.2, 0) is 0 Å². The monoisotopic (exact) mass is 791 g/mol. The average Bonchev–Trinajstić information content (AvgIpc) is 3.86. The molecule has 0 N–H and O–H groups in total. The molecule has 0 unspecified atom stereocenters. The van der Waals surface area contributed by atoms with Crippen LogP contribution in [0, 0.1) is 0 Å². The lowest BCUT2D eigenvalue weighted by Gasteiger charge is -2.12. The van der Waals surface area contributed by atoms with E-state index >= 15 is 0 Å². The van der Waals surface area contributed by atoms with Crippen LogP contribution in [0.25, 0.3) is 111 Å². The molecule has 0 bridgehead atoms. The minimum absolute atomic E-state index is 0.630. The minimum Gasteiger partial charge on any atom is -0.309 e. The van der Waals surface area contributed by atoms with Gasteiger partial charge < -0.3 is 9.13 Å². The number of para-hydroxylation sites is 2. The van der Waals surface area contributed by atoms with Crippen LogP contribution < -0.4 is 0 Å². The second-order valence-corrected chi connectivity index (χ2v) is 15.7. The van der Waals surface area contributed by atoms with Crippen molar-refractivity contribution in [3.8, 4) is 67.8 Å². The number of hydrogen-bond acceptors (Lipinski definition) is 3. The Morgan fingerprint density at radius 1 is 0.226 bits per heavy atom. The molecular weight excluding hydrogens is 755 g/mol. The highest BCUT2D eigenvalue weighted by Crippen LogP contribution is 2.40. The Labute approximate surface area is 358 Å². The second kappa shape index (κ2) is 14.7. The molecule has 62 heavy (non-hydrogen) atoms. The molecular formula is C57H37N5. The fourth-order valence-corrected chi connectivity index (χ4v) is 9.02. The van der Waals surface area contributed by atoms with Crippen LogP contribution >= 0.6 is 0 Å². The van der Waals surface area contributed by atoms with Gasteiger partial charge in [0.05, 0.1) is 22.1 Å². The summed E-state index contributed by atoms with van der Waals surface area (Å²) in [6.45, 7) is 0. The fraction of sp³-hybridized carbons (Fsp3) is 0. The van der Waals surface area contributed by atoms with Crippen molar-refractivity contribution >= 4 is 43.6 Å². The molecule has 0 saturated heterocycles. The summed E-state index contributed by atoms with van der Waals surface area (Å²) in [7, 11) is 0. The molecule has 5 nitrogen and oxygen atoms in total. The van der Waals surface area contributed by atoms with Crippen LogP contribution in [0.1, 0.15) is 0 Å². The van der Waals surface area contributed by atoms with Crippen molar-refractivity contribution in [1.82, 2.24) is 24.1 Å². The number of hydrogen-bond donors (Lipinski definition) is 0. The van der Waals surface area contributed by atoms with E-state index in [9.17, 15) is 0 Å². The first-order valence-electron chi connectivity index (χ1n) is 20.9. The molecule has 0 fully saturated rings. The third-order valence-electron chi connectivity index (χ3n) is 12.0. The summed E-state index contributed by atoms with van der Waals surface area (Å²) in [5, 5.41) is 4.86. The SMILES string of the molecule is c1ccc(-c2ccc3c(c2)c2ccc(-c4cccc(-c5nc(-c6ccccc6)nc(-c6ccccc6)n5)c4)cc2n3-c2ccc3c4ccccc4n(-c4ccccc4)c3c2)cc1.